The van der Waals surface area contributed by atoms with Crippen LogP contribution in [-0.2, 0) is 6.42 Å². The van der Waals surface area contributed by atoms with Crippen molar-refractivity contribution in [2.75, 3.05) is 0 Å². The standard InChI is InChI=1S/C25H24/c1-17(2)22-11-7-8-12-23(22)25-18(3)13-14-20-15-21(16-24(20)25)19-9-5-4-6-10-19/h4-14,16-17H,15H2,1-3H3. The normalized spacial score (nSPS) is 13.0. The molecule has 3 aromatic carbocycles. The van der Waals surface area contributed by atoms with Gasteiger partial charge in [0, 0.05) is 0 Å². The van der Waals surface area contributed by atoms with E-state index in [-0.39, 0.29) is 0 Å². The Labute approximate surface area is 150 Å². The SMILES string of the molecule is Cc1ccc2c(c1-c1ccccc1C(C)C)C=C(c1ccccc1)C2. The molecular formula is C25H24. The van der Waals surface area contributed by atoms with Crippen LogP contribution in [0.5, 0.6) is 0 Å². The molecule has 0 amide bonds. The van der Waals surface area contributed by atoms with Crippen LogP contribution >= 0.6 is 0 Å². The highest BCUT2D eigenvalue weighted by Gasteiger charge is 2.21. The van der Waals surface area contributed by atoms with Crippen LogP contribution in [-0.4, -0.2) is 0 Å². The van der Waals surface area contributed by atoms with E-state index in [1.54, 1.807) is 0 Å². The molecule has 0 fully saturated rings. The van der Waals surface area contributed by atoms with Crippen LogP contribution in [0.2, 0.25) is 0 Å². The Kier molecular flexibility index (Phi) is 4.05. The van der Waals surface area contributed by atoms with Crippen molar-refractivity contribution in [3.63, 3.8) is 0 Å². The molecule has 0 saturated heterocycles. The van der Waals surface area contributed by atoms with E-state index in [1.807, 2.05) is 0 Å². The maximum atomic E-state index is 2.41. The molecular weight excluding hydrogens is 300 g/mol. The van der Waals surface area contributed by atoms with Crippen molar-refractivity contribution in [1.29, 1.82) is 0 Å². The molecule has 4 rings (SSSR count). The predicted molar refractivity (Wildman–Crippen MR) is 109 cm³/mol. The third-order valence-electron chi connectivity index (χ3n) is 5.24. The lowest BCUT2D eigenvalue weighted by molar-refractivity contribution is 0.869. The van der Waals surface area contributed by atoms with E-state index in [1.165, 1.54) is 44.5 Å². The van der Waals surface area contributed by atoms with Crippen molar-refractivity contribution < 1.29 is 0 Å². The van der Waals surface area contributed by atoms with Gasteiger partial charge in [-0.05, 0) is 69.9 Å². The van der Waals surface area contributed by atoms with E-state index >= 15 is 0 Å². The van der Waals surface area contributed by atoms with Gasteiger partial charge in [0.15, 0.2) is 0 Å². The Morgan fingerprint density at radius 2 is 1.52 bits per heavy atom. The van der Waals surface area contributed by atoms with Gasteiger partial charge in [0.05, 0.1) is 0 Å². The lowest BCUT2D eigenvalue weighted by Crippen LogP contribution is -1.97. The molecule has 0 heteroatoms. The zero-order valence-corrected chi connectivity index (χ0v) is 15.2. The van der Waals surface area contributed by atoms with Crippen LogP contribution < -0.4 is 0 Å². The van der Waals surface area contributed by atoms with E-state index in [2.05, 4.69) is 93.6 Å². The number of hydrogen-bond acceptors (Lipinski definition) is 0. The molecule has 0 N–H and O–H groups in total. The van der Waals surface area contributed by atoms with Crippen LogP contribution in [0.25, 0.3) is 22.8 Å². The average molecular weight is 324 g/mol. The summed E-state index contributed by atoms with van der Waals surface area (Å²) < 4.78 is 0. The molecule has 0 unspecified atom stereocenters. The summed E-state index contributed by atoms with van der Waals surface area (Å²) in [6.07, 6.45) is 3.43. The van der Waals surface area contributed by atoms with Gasteiger partial charge in [-0.15, -0.1) is 0 Å². The predicted octanol–water partition coefficient (Wildman–Crippen LogP) is 6.88. The number of benzene rings is 3. The summed E-state index contributed by atoms with van der Waals surface area (Å²) in [4.78, 5) is 0. The van der Waals surface area contributed by atoms with Crippen LogP contribution in [0.3, 0.4) is 0 Å². The smallest absolute Gasteiger partial charge is 0.00134 e. The molecule has 0 radical (unpaired) electrons. The fourth-order valence-electron chi connectivity index (χ4n) is 3.94. The minimum atomic E-state index is 0.519. The Morgan fingerprint density at radius 3 is 2.28 bits per heavy atom. The minimum Gasteiger partial charge on any atom is -0.0622 e. The quantitative estimate of drug-likeness (QED) is 0.492. The van der Waals surface area contributed by atoms with E-state index < -0.39 is 0 Å². The highest BCUT2D eigenvalue weighted by atomic mass is 14.2. The Balaban J connectivity index is 1.91. The molecule has 0 nitrogen and oxygen atoms in total. The van der Waals surface area contributed by atoms with Gasteiger partial charge in [0.1, 0.15) is 0 Å². The van der Waals surface area contributed by atoms with Crippen molar-refractivity contribution in [3.05, 3.63) is 94.5 Å². The maximum Gasteiger partial charge on any atom is -0.00134 e. The molecule has 0 bridgehead atoms. The van der Waals surface area contributed by atoms with Gasteiger partial charge in [0.25, 0.3) is 0 Å². The van der Waals surface area contributed by atoms with Crippen LogP contribution in [0.15, 0.2) is 66.7 Å². The summed E-state index contributed by atoms with van der Waals surface area (Å²) >= 11 is 0. The van der Waals surface area contributed by atoms with Crippen LogP contribution in [0, 0.1) is 6.92 Å². The lowest BCUT2D eigenvalue weighted by atomic mass is 9.87. The van der Waals surface area contributed by atoms with Crippen LogP contribution in [0.1, 0.15) is 47.6 Å². The first kappa shape index (κ1) is 15.9. The Morgan fingerprint density at radius 1 is 0.800 bits per heavy atom. The van der Waals surface area contributed by atoms with Gasteiger partial charge in [-0.25, -0.2) is 0 Å². The summed E-state index contributed by atoms with van der Waals surface area (Å²) in [7, 11) is 0. The molecule has 3 aromatic rings. The first-order valence-electron chi connectivity index (χ1n) is 9.13. The van der Waals surface area contributed by atoms with Gasteiger partial charge in [-0.3, -0.25) is 0 Å². The molecule has 124 valence electrons. The van der Waals surface area contributed by atoms with E-state index in [0.29, 0.717) is 5.92 Å². The van der Waals surface area contributed by atoms with Crippen molar-refractivity contribution in [1.82, 2.24) is 0 Å². The number of hydrogen-bond donors (Lipinski definition) is 0. The average Bonchev–Trinajstić information content (AvgIpc) is 3.06. The zero-order chi connectivity index (χ0) is 17.4. The van der Waals surface area contributed by atoms with Crippen molar-refractivity contribution in [2.24, 2.45) is 0 Å². The second kappa shape index (κ2) is 6.37. The third-order valence-corrected chi connectivity index (χ3v) is 5.24. The van der Waals surface area contributed by atoms with Crippen molar-refractivity contribution in [2.45, 2.75) is 33.1 Å². The molecule has 0 spiro atoms. The number of aryl methyl sites for hydroxylation is 1. The first-order valence-corrected chi connectivity index (χ1v) is 9.13. The zero-order valence-electron chi connectivity index (χ0n) is 15.2. The molecule has 1 aliphatic carbocycles. The van der Waals surface area contributed by atoms with Crippen molar-refractivity contribution in [3.8, 4) is 11.1 Å². The summed E-state index contributed by atoms with van der Waals surface area (Å²) in [5.41, 5.74) is 11.2. The fourth-order valence-corrected chi connectivity index (χ4v) is 3.94. The van der Waals surface area contributed by atoms with E-state index in [0.717, 1.165) is 6.42 Å². The molecule has 0 saturated carbocycles. The van der Waals surface area contributed by atoms with Gasteiger partial charge in [-0.2, -0.15) is 0 Å². The lowest BCUT2D eigenvalue weighted by Gasteiger charge is -2.17. The summed E-state index contributed by atoms with van der Waals surface area (Å²) in [6.45, 7) is 6.80. The molecule has 0 atom stereocenters. The summed E-state index contributed by atoms with van der Waals surface area (Å²) in [5.74, 6) is 0.519. The van der Waals surface area contributed by atoms with Crippen LogP contribution in [0.4, 0.5) is 0 Å². The third kappa shape index (κ3) is 2.82. The number of rotatable bonds is 3. The highest BCUT2D eigenvalue weighted by Crippen LogP contribution is 2.41. The summed E-state index contributed by atoms with van der Waals surface area (Å²) in [6, 6.07) is 24.2. The van der Waals surface area contributed by atoms with E-state index in [9.17, 15) is 0 Å². The number of fused-ring (bicyclic) bond motifs is 1. The van der Waals surface area contributed by atoms with Gasteiger partial charge < -0.3 is 0 Å². The highest BCUT2D eigenvalue weighted by molar-refractivity contribution is 5.95. The topological polar surface area (TPSA) is 0 Å². The molecule has 25 heavy (non-hydrogen) atoms. The Hall–Kier alpha value is -2.60. The summed E-state index contributed by atoms with van der Waals surface area (Å²) in [5, 5.41) is 0. The molecule has 0 aliphatic heterocycles. The van der Waals surface area contributed by atoms with Crippen molar-refractivity contribution >= 4 is 11.6 Å². The molecule has 1 aliphatic rings. The minimum absolute atomic E-state index is 0.519. The van der Waals surface area contributed by atoms with E-state index in [4.69, 9.17) is 0 Å². The molecule has 0 aromatic heterocycles. The van der Waals surface area contributed by atoms with Gasteiger partial charge in [-0.1, -0.05) is 80.6 Å². The fraction of sp³-hybridized carbons (Fsp3) is 0.200. The molecule has 0 heterocycles. The monoisotopic (exact) mass is 324 g/mol. The second-order valence-corrected chi connectivity index (χ2v) is 7.28. The largest absolute Gasteiger partial charge is 0.0622 e. The number of allylic oxidation sites excluding steroid dienone is 1. The van der Waals surface area contributed by atoms with Gasteiger partial charge >= 0.3 is 0 Å². The Bertz CT molecular complexity index is 943. The van der Waals surface area contributed by atoms with Gasteiger partial charge in [0.2, 0.25) is 0 Å². The second-order valence-electron chi connectivity index (χ2n) is 7.28. The first-order chi connectivity index (χ1) is 12.1. The maximum absolute atomic E-state index is 2.41.